The summed E-state index contributed by atoms with van der Waals surface area (Å²) >= 11 is 0. The Morgan fingerprint density at radius 2 is 1.81 bits per heavy atom. The van der Waals surface area contributed by atoms with Crippen LogP contribution in [0.5, 0.6) is 5.75 Å². The molecule has 0 saturated heterocycles. The molecule has 12 nitrogen and oxygen atoms in total. The van der Waals surface area contributed by atoms with Crippen LogP contribution < -0.4 is 26.0 Å². The number of ether oxygens (including phenoxy) is 1. The number of hydrogen-bond donors (Lipinski definition) is 5. The Morgan fingerprint density at radius 3 is 2.50 bits per heavy atom. The van der Waals surface area contributed by atoms with E-state index >= 15 is 0 Å². The van der Waals surface area contributed by atoms with Crippen LogP contribution in [-0.2, 0) is 33.6 Å². The number of benzene rings is 2. The summed E-state index contributed by atoms with van der Waals surface area (Å²) in [7, 11) is 1.50. The maximum absolute atomic E-state index is 12.6. The highest BCUT2D eigenvalue weighted by Gasteiger charge is 2.21. The second-order valence-corrected chi connectivity index (χ2v) is 10.1. The van der Waals surface area contributed by atoms with E-state index in [-0.39, 0.29) is 30.6 Å². The van der Waals surface area contributed by atoms with Gasteiger partial charge in [0.2, 0.25) is 11.8 Å². The highest BCUT2D eigenvalue weighted by molar-refractivity contribution is 6.01. The Morgan fingerprint density at radius 1 is 1.07 bits per heavy atom. The highest BCUT2D eigenvalue weighted by atomic mass is 16.5. The summed E-state index contributed by atoms with van der Waals surface area (Å²) in [5.41, 5.74) is 2.85. The van der Waals surface area contributed by atoms with E-state index in [0.29, 0.717) is 42.3 Å². The van der Waals surface area contributed by atoms with Crippen molar-refractivity contribution in [3.05, 3.63) is 71.4 Å². The van der Waals surface area contributed by atoms with Crippen LogP contribution in [0.4, 0.5) is 16.2 Å². The number of hydrogen-bond acceptors (Lipinski definition) is 7. The van der Waals surface area contributed by atoms with Gasteiger partial charge in [-0.25, -0.2) is 14.6 Å². The number of aromatic nitrogens is 1. The number of aryl methyl sites for hydroxylation is 2. The van der Waals surface area contributed by atoms with E-state index in [9.17, 15) is 24.3 Å². The van der Waals surface area contributed by atoms with Crippen LogP contribution in [0.2, 0.25) is 0 Å². The van der Waals surface area contributed by atoms with Crippen LogP contribution in [0.25, 0.3) is 0 Å². The lowest BCUT2D eigenvalue weighted by atomic mass is 10.0. The van der Waals surface area contributed by atoms with E-state index in [1.54, 1.807) is 24.4 Å². The maximum Gasteiger partial charge on any atom is 0.326 e. The lowest BCUT2D eigenvalue weighted by Gasteiger charge is -2.14. The minimum absolute atomic E-state index is 0.0526. The third kappa shape index (κ3) is 9.95. The summed E-state index contributed by atoms with van der Waals surface area (Å²) in [4.78, 5) is 51.7. The number of nitrogens with one attached hydrogen (secondary N) is 4. The molecule has 0 aliphatic rings. The van der Waals surface area contributed by atoms with Gasteiger partial charge >= 0.3 is 12.0 Å². The number of nitrogens with zero attached hydrogens (tertiary/aromatic N) is 1. The van der Waals surface area contributed by atoms with Crippen molar-refractivity contribution in [3.8, 4) is 5.75 Å². The number of amides is 4. The van der Waals surface area contributed by atoms with Gasteiger partial charge in [-0.15, -0.1) is 0 Å². The zero-order valence-electron chi connectivity index (χ0n) is 24.2. The summed E-state index contributed by atoms with van der Waals surface area (Å²) in [6.45, 7) is 5.61. The molecule has 2 atom stereocenters. The normalized spacial score (nSPS) is 12.1. The van der Waals surface area contributed by atoms with E-state index in [1.807, 2.05) is 38.1 Å². The van der Waals surface area contributed by atoms with Crippen molar-refractivity contribution >= 4 is 35.2 Å². The van der Waals surface area contributed by atoms with E-state index in [1.165, 1.54) is 14.0 Å². The molecular weight excluding hydrogens is 542 g/mol. The van der Waals surface area contributed by atoms with Crippen molar-refractivity contribution in [3.63, 3.8) is 0 Å². The minimum Gasteiger partial charge on any atom is -0.495 e. The maximum atomic E-state index is 12.6. The number of aliphatic carboxylic acids is 1. The van der Waals surface area contributed by atoms with Gasteiger partial charge in [-0.3, -0.25) is 9.59 Å². The molecule has 0 aliphatic carbocycles. The average Bonchev–Trinajstić information content (AvgIpc) is 3.39. The molecule has 3 rings (SSSR count). The number of carbonyl (C=O) groups is 4. The second-order valence-electron chi connectivity index (χ2n) is 10.1. The SMILES string of the molecule is COc1cc(CC(=O)NCC(C)CCc2cnc(CC(NC(C)=O)C(=O)O)o2)ccc1NC(=O)Nc1ccccc1C. The molecule has 42 heavy (non-hydrogen) atoms. The Bertz CT molecular complexity index is 1400. The fourth-order valence-corrected chi connectivity index (χ4v) is 4.14. The van der Waals surface area contributed by atoms with Gasteiger partial charge in [-0.1, -0.05) is 31.2 Å². The first-order chi connectivity index (χ1) is 20.0. The molecule has 3 aromatic rings. The molecular formula is C30H37N5O7. The van der Waals surface area contributed by atoms with Crippen molar-refractivity contribution in [2.24, 2.45) is 5.92 Å². The number of para-hydroxylation sites is 1. The van der Waals surface area contributed by atoms with Crippen molar-refractivity contribution in [2.45, 2.75) is 52.5 Å². The number of carbonyl (C=O) groups excluding carboxylic acids is 3. The summed E-state index contributed by atoms with van der Waals surface area (Å²) in [6, 6.07) is 11.1. The van der Waals surface area contributed by atoms with E-state index < -0.39 is 23.9 Å². The van der Waals surface area contributed by atoms with Gasteiger partial charge in [0.15, 0.2) is 5.89 Å². The first-order valence-corrected chi connectivity index (χ1v) is 13.5. The second kappa shape index (κ2) is 15.2. The predicted octanol–water partition coefficient (Wildman–Crippen LogP) is 3.70. The number of anilines is 2. The fourth-order valence-electron chi connectivity index (χ4n) is 4.14. The van der Waals surface area contributed by atoms with Gasteiger partial charge in [-0.05, 0) is 48.6 Å². The molecule has 1 aromatic heterocycles. The Hall–Kier alpha value is -4.87. The van der Waals surface area contributed by atoms with E-state index in [2.05, 4.69) is 26.3 Å². The van der Waals surface area contributed by atoms with Crippen LogP contribution in [0, 0.1) is 12.8 Å². The van der Waals surface area contributed by atoms with Gasteiger partial charge < -0.3 is 35.5 Å². The van der Waals surface area contributed by atoms with Gasteiger partial charge in [0.1, 0.15) is 17.6 Å². The molecule has 4 amide bonds. The molecule has 0 saturated carbocycles. The molecule has 0 spiro atoms. The molecule has 1 heterocycles. The van der Waals surface area contributed by atoms with Crippen molar-refractivity contribution < 1.29 is 33.4 Å². The molecule has 2 aromatic carbocycles. The summed E-state index contributed by atoms with van der Waals surface area (Å²) in [5.74, 6) is -0.354. The molecule has 2 unspecified atom stereocenters. The van der Waals surface area contributed by atoms with Crippen molar-refractivity contribution in [1.82, 2.24) is 15.6 Å². The summed E-state index contributed by atoms with van der Waals surface area (Å²) in [6.07, 6.45) is 2.91. The number of urea groups is 1. The molecule has 0 fully saturated rings. The van der Waals surface area contributed by atoms with Crippen LogP contribution in [0.15, 0.2) is 53.1 Å². The van der Waals surface area contributed by atoms with Crippen LogP contribution in [0.1, 0.15) is 43.0 Å². The van der Waals surface area contributed by atoms with Crippen molar-refractivity contribution in [1.29, 1.82) is 0 Å². The number of oxazole rings is 1. The fraction of sp³-hybridized carbons (Fsp3) is 0.367. The predicted molar refractivity (Wildman–Crippen MR) is 156 cm³/mol. The molecule has 0 aliphatic heterocycles. The minimum atomic E-state index is -1.17. The van der Waals surface area contributed by atoms with Crippen molar-refractivity contribution in [2.75, 3.05) is 24.3 Å². The third-order valence-corrected chi connectivity index (χ3v) is 6.46. The van der Waals surface area contributed by atoms with Gasteiger partial charge in [0.05, 0.1) is 31.8 Å². The Balaban J connectivity index is 1.44. The molecule has 224 valence electrons. The molecule has 0 radical (unpaired) electrons. The quantitative estimate of drug-likeness (QED) is 0.192. The Labute approximate surface area is 244 Å². The zero-order valence-corrected chi connectivity index (χ0v) is 24.2. The smallest absolute Gasteiger partial charge is 0.326 e. The first kappa shape index (κ1) is 31.7. The van der Waals surface area contributed by atoms with Crippen LogP contribution >= 0.6 is 0 Å². The van der Waals surface area contributed by atoms with Crippen LogP contribution in [0.3, 0.4) is 0 Å². The zero-order chi connectivity index (χ0) is 30.6. The van der Waals surface area contributed by atoms with E-state index in [0.717, 1.165) is 11.1 Å². The van der Waals surface area contributed by atoms with Crippen LogP contribution in [-0.4, -0.2) is 53.6 Å². The topological polar surface area (TPSA) is 172 Å². The molecule has 0 bridgehead atoms. The van der Waals surface area contributed by atoms with Gasteiger partial charge in [-0.2, -0.15) is 0 Å². The van der Waals surface area contributed by atoms with Gasteiger partial charge in [0, 0.05) is 25.6 Å². The number of carboxylic acids is 1. The summed E-state index contributed by atoms with van der Waals surface area (Å²) < 4.78 is 11.1. The largest absolute Gasteiger partial charge is 0.495 e. The average molecular weight is 580 g/mol. The first-order valence-electron chi connectivity index (χ1n) is 13.5. The third-order valence-electron chi connectivity index (χ3n) is 6.46. The van der Waals surface area contributed by atoms with Gasteiger partial charge in [0.25, 0.3) is 0 Å². The molecule has 5 N–H and O–H groups in total. The lowest BCUT2D eigenvalue weighted by Crippen LogP contribution is -2.41. The Kier molecular flexibility index (Phi) is 11.5. The highest BCUT2D eigenvalue weighted by Crippen LogP contribution is 2.26. The monoisotopic (exact) mass is 579 g/mol. The lowest BCUT2D eigenvalue weighted by molar-refractivity contribution is -0.141. The number of carboxylic acid groups (broad SMARTS) is 1. The van der Waals surface area contributed by atoms with E-state index in [4.69, 9.17) is 9.15 Å². The standard InChI is InChI=1S/C30H37N5O7/c1-18(9-11-22-17-32-28(42-22)15-25(29(38)39)33-20(3)36)16-31-27(37)14-21-10-12-24(26(13-21)41-4)35-30(40)34-23-8-6-5-7-19(23)2/h5-8,10,12-13,17-18,25H,9,11,14-16H2,1-4H3,(H,31,37)(H,33,36)(H,38,39)(H2,34,35,40). The summed E-state index contributed by atoms with van der Waals surface area (Å²) in [5, 5.41) is 20.1. The number of methoxy groups -OCH3 is 1. The molecule has 12 heteroatoms. The number of rotatable bonds is 14.